The monoisotopic (exact) mass is 178 g/mol. The molecule has 0 atom stereocenters. The van der Waals surface area contributed by atoms with Crippen molar-refractivity contribution in [1.82, 2.24) is 0 Å². The van der Waals surface area contributed by atoms with E-state index < -0.39 is 0 Å². The second-order valence-corrected chi connectivity index (χ2v) is 2.89. The van der Waals surface area contributed by atoms with E-state index in [-0.39, 0.29) is 0 Å². The molecule has 4 nitrogen and oxygen atoms in total. The van der Waals surface area contributed by atoms with Gasteiger partial charge in [-0.2, -0.15) is 0 Å². The minimum absolute atomic E-state index is 0.528. The average Bonchev–Trinajstić information content (AvgIpc) is 2.39. The molecule has 0 spiro atoms. The SMILES string of the molecule is O=NN1CCOCc2ccccc21. The lowest BCUT2D eigenvalue weighted by atomic mass is 10.2. The molecule has 4 heteroatoms. The largest absolute Gasteiger partial charge is 0.375 e. The van der Waals surface area contributed by atoms with Gasteiger partial charge in [0, 0.05) is 5.56 Å². The van der Waals surface area contributed by atoms with Crippen LogP contribution >= 0.6 is 0 Å². The van der Waals surface area contributed by atoms with Crippen LogP contribution in [0.3, 0.4) is 0 Å². The van der Waals surface area contributed by atoms with Crippen LogP contribution in [0.2, 0.25) is 0 Å². The molecule has 0 unspecified atom stereocenters. The van der Waals surface area contributed by atoms with Crippen LogP contribution in [0.1, 0.15) is 5.56 Å². The molecule has 0 aliphatic carbocycles. The van der Waals surface area contributed by atoms with Gasteiger partial charge in [0.15, 0.2) is 0 Å². The molecule has 0 saturated carbocycles. The van der Waals surface area contributed by atoms with E-state index in [1.165, 1.54) is 5.01 Å². The predicted molar refractivity (Wildman–Crippen MR) is 49.2 cm³/mol. The third-order valence-corrected chi connectivity index (χ3v) is 2.07. The maximum atomic E-state index is 10.5. The van der Waals surface area contributed by atoms with Gasteiger partial charge in [-0.1, -0.05) is 18.2 Å². The van der Waals surface area contributed by atoms with Crippen molar-refractivity contribution >= 4 is 5.69 Å². The minimum atomic E-state index is 0.528. The third kappa shape index (κ3) is 1.53. The van der Waals surface area contributed by atoms with Crippen molar-refractivity contribution in [2.75, 3.05) is 18.2 Å². The summed E-state index contributed by atoms with van der Waals surface area (Å²) in [5, 5.41) is 4.39. The van der Waals surface area contributed by atoms with Gasteiger partial charge in [-0.15, -0.1) is 4.91 Å². The fourth-order valence-corrected chi connectivity index (χ4v) is 1.42. The molecule has 68 valence electrons. The predicted octanol–water partition coefficient (Wildman–Crippen LogP) is 1.70. The zero-order chi connectivity index (χ0) is 9.10. The van der Waals surface area contributed by atoms with Crippen molar-refractivity contribution in [2.24, 2.45) is 5.29 Å². The van der Waals surface area contributed by atoms with E-state index in [0.717, 1.165) is 11.3 Å². The molecule has 0 bridgehead atoms. The van der Waals surface area contributed by atoms with Gasteiger partial charge in [0.2, 0.25) is 0 Å². The van der Waals surface area contributed by atoms with Crippen LogP contribution in [0.5, 0.6) is 0 Å². The lowest BCUT2D eigenvalue weighted by Gasteiger charge is -2.13. The zero-order valence-electron chi connectivity index (χ0n) is 7.14. The second kappa shape index (κ2) is 3.53. The summed E-state index contributed by atoms with van der Waals surface area (Å²) in [5.74, 6) is 0. The van der Waals surface area contributed by atoms with Crippen molar-refractivity contribution in [2.45, 2.75) is 6.61 Å². The summed E-state index contributed by atoms with van der Waals surface area (Å²) >= 11 is 0. The number of ether oxygens (including phenoxy) is 1. The smallest absolute Gasteiger partial charge is 0.0738 e. The Labute approximate surface area is 76.1 Å². The first-order valence-corrected chi connectivity index (χ1v) is 4.18. The van der Waals surface area contributed by atoms with Crippen LogP contribution in [0, 0.1) is 4.91 Å². The maximum absolute atomic E-state index is 10.5. The minimum Gasteiger partial charge on any atom is -0.375 e. The highest BCUT2D eigenvalue weighted by molar-refractivity contribution is 5.53. The van der Waals surface area contributed by atoms with E-state index >= 15 is 0 Å². The molecule has 13 heavy (non-hydrogen) atoms. The molecule has 1 aliphatic rings. The van der Waals surface area contributed by atoms with Crippen molar-refractivity contribution in [3.8, 4) is 0 Å². The van der Waals surface area contributed by atoms with E-state index in [2.05, 4.69) is 5.29 Å². The van der Waals surface area contributed by atoms with Crippen LogP contribution in [-0.2, 0) is 11.3 Å². The molecule has 0 saturated heterocycles. The topological polar surface area (TPSA) is 41.9 Å². The van der Waals surface area contributed by atoms with Crippen LogP contribution in [0.4, 0.5) is 5.69 Å². The second-order valence-electron chi connectivity index (χ2n) is 2.89. The molecule has 1 heterocycles. The van der Waals surface area contributed by atoms with Gasteiger partial charge in [0.25, 0.3) is 0 Å². The number of rotatable bonds is 1. The fourth-order valence-electron chi connectivity index (χ4n) is 1.42. The summed E-state index contributed by atoms with van der Waals surface area (Å²) < 4.78 is 5.31. The molecule has 0 radical (unpaired) electrons. The molecule has 0 N–H and O–H groups in total. The van der Waals surface area contributed by atoms with Gasteiger partial charge < -0.3 is 4.74 Å². The fraction of sp³-hybridized carbons (Fsp3) is 0.333. The molecule has 0 aromatic heterocycles. The lowest BCUT2D eigenvalue weighted by molar-refractivity contribution is 0.132. The quantitative estimate of drug-likeness (QED) is 0.614. The molecule has 1 aromatic rings. The van der Waals surface area contributed by atoms with E-state index in [1.807, 2.05) is 24.3 Å². The van der Waals surface area contributed by atoms with Crippen molar-refractivity contribution in [1.29, 1.82) is 0 Å². The Kier molecular flexibility index (Phi) is 2.23. The first-order valence-electron chi connectivity index (χ1n) is 4.18. The van der Waals surface area contributed by atoms with E-state index in [9.17, 15) is 4.91 Å². The Balaban J connectivity index is 2.41. The number of benzene rings is 1. The number of fused-ring (bicyclic) bond motifs is 1. The first kappa shape index (κ1) is 8.19. The van der Waals surface area contributed by atoms with Crippen molar-refractivity contribution in [3.63, 3.8) is 0 Å². The molecule has 1 aromatic carbocycles. The number of nitroso groups, excluding NO2 is 1. The Morgan fingerprint density at radius 1 is 1.38 bits per heavy atom. The molecule has 0 amide bonds. The standard InChI is InChI=1S/C9H10N2O2/c12-10-11-5-6-13-7-8-3-1-2-4-9(8)11/h1-4H,5-7H2. The van der Waals surface area contributed by atoms with E-state index in [1.54, 1.807) is 0 Å². The van der Waals surface area contributed by atoms with Gasteiger partial charge in [-0.05, 0) is 6.07 Å². The Bertz CT molecular complexity index is 314. The summed E-state index contributed by atoms with van der Waals surface area (Å²) in [5.41, 5.74) is 1.87. The van der Waals surface area contributed by atoms with Gasteiger partial charge in [-0.3, -0.25) is 0 Å². The number of nitrogens with zero attached hydrogens (tertiary/aromatic N) is 2. The molecule has 2 rings (SSSR count). The highest BCUT2D eigenvalue weighted by atomic mass is 16.5. The lowest BCUT2D eigenvalue weighted by Crippen LogP contribution is -2.18. The van der Waals surface area contributed by atoms with Crippen LogP contribution in [-0.4, -0.2) is 13.2 Å². The van der Waals surface area contributed by atoms with Gasteiger partial charge >= 0.3 is 0 Å². The number of hydrogen-bond donors (Lipinski definition) is 0. The van der Waals surface area contributed by atoms with Crippen LogP contribution < -0.4 is 5.01 Å². The highest BCUT2D eigenvalue weighted by Gasteiger charge is 2.14. The Hall–Kier alpha value is -1.42. The van der Waals surface area contributed by atoms with Crippen molar-refractivity contribution in [3.05, 3.63) is 34.7 Å². The number of para-hydroxylation sites is 1. The molecule has 1 aliphatic heterocycles. The molecule has 0 fully saturated rings. The van der Waals surface area contributed by atoms with Gasteiger partial charge in [-0.25, -0.2) is 5.01 Å². The number of anilines is 1. The average molecular weight is 178 g/mol. The highest BCUT2D eigenvalue weighted by Crippen LogP contribution is 2.23. The summed E-state index contributed by atoms with van der Waals surface area (Å²) in [6.07, 6.45) is 0. The van der Waals surface area contributed by atoms with Gasteiger partial charge in [0.05, 0.1) is 30.7 Å². The molecular weight excluding hydrogens is 168 g/mol. The summed E-state index contributed by atoms with van der Waals surface area (Å²) in [6, 6.07) is 7.64. The first-order chi connectivity index (χ1) is 6.42. The summed E-state index contributed by atoms with van der Waals surface area (Å²) in [4.78, 5) is 10.5. The van der Waals surface area contributed by atoms with Gasteiger partial charge in [0.1, 0.15) is 0 Å². The van der Waals surface area contributed by atoms with E-state index in [4.69, 9.17) is 4.74 Å². The van der Waals surface area contributed by atoms with Crippen LogP contribution in [0.25, 0.3) is 0 Å². The maximum Gasteiger partial charge on any atom is 0.0738 e. The van der Waals surface area contributed by atoms with Crippen molar-refractivity contribution < 1.29 is 4.74 Å². The number of hydrogen-bond acceptors (Lipinski definition) is 3. The zero-order valence-corrected chi connectivity index (χ0v) is 7.14. The third-order valence-electron chi connectivity index (χ3n) is 2.07. The Morgan fingerprint density at radius 2 is 2.23 bits per heavy atom. The normalized spacial score (nSPS) is 16.2. The summed E-state index contributed by atoms with van der Waals surface area (Å²) in [7, 11) is 0. The molecular formula is C9H10N2O2. The Morgan fingerprint density at radius 3 is 3.08 bits per heavy atom. The van der Waals surface area contributed by atoms with Crippen LogP contribution in [0.15, 0.2) is 29.6 Å². The van der Waals surface area contributed by atoms with E-state index in [0.29, 0.717) is 19.8 Å². The summed E-state index contributed by atoms with van der Waals surface area (Å²) in [6.45, 7) is 1.63.